The highest BCUT2D eigenvalue weighted by molar-refractivity contribution is 6.13. The fourth-order valence-electron chi connectivity index (χ4n) is 0. The molecule has 2 heteroatoms. The molecule has 0 aromatic heterocycles. The average Bonchev–Trinajstić information content (AvgIpc) is 1.38. The van der Waals surface area contributed by atoms with E-state index in [1.807, 2.05) is 0 Å². The van der Waals surface area contributed by atoms with E-state index in [9.17, 15) is 0 Å². The Morgan fingerprint density at radius 2 is 2.20 bits per heavy atom. The monoisotopic (exact) mass is 91.0 g/mol. The maximum atomic E-state index is 5.18. The first-order chi connectivity index (χ1) is 2.27. The van der Waals surface area contributed by atoms with Gasteiger partial charge >= 0.3 is 0 Å². The molecule has 1 nitrogen and oxygen atoms in total. The number of nitrogens with zero attached hydrogens (tertiary/aromatic N) is 1. The molecular formula is C3H6ClN. The Balaban J connectivity index is 2.83. The molecule has 0 aromatic carbocycles. The second-order valence-corrected chi connectivity index (χ2v) is 1.24. The van der Waals surface area contributed by atoms with Gasteiger partial charge in [-0.1, -0.05) is 6.58 Å². The van der Waals surface area contributed by atoms with Gasteiger partial charge < -0.3 is 0 Å². The van der Waals surface area contributed by atoms with Gasteiger partial charge in [-0.2, -0.15) is 0 Å². The summed E-state index contributed by atoms with van der Waals surface area (Å²) < 4.78 is 1.36. The Morgan fingerprint density at radius 1 is 2.00 bits per heavy atom. The zero-order chi connectivity index (χ0) is 4.28. The van der Waals surface area contributed by atoms with Crippen molar-refractivity contribution in [2.45, 2.75) is 0 Å². The van der Waals surface area contributed by atoms with Crippen LogP contribution in [-0.2, 0) is 0 Å². The first kappa shape index (κ1) is 4.83. The average molecular weight is 91.5 g/mol. The van der Waals surface area contributed by atoms with E-state index < -0.39 is 0 Å². The quantitative estimate of drug-likeness (QED) is 0.439. The molecule has 0 amide bonds. The van der Waals surface area contributed by atoms with Gasteiger partial charge in [0.1, 0.15) is 0 Å². The van der Waals surface area contributed by atoms with Gasteiger partial charge in [0, 0.05) is 25.0 Å². The van der Waals surface area contributed by atoms with Crippen LogP contribution in [0.25, 0.3) is 0 Å². The lowest BCUT2D eigenvalue weighted by atomic mass is 11.0. The largest absolute Gasteiger partial charge is 0.296 e. The van der Waals surface area contributed by atoms with Gasteiger partial charge in [0.15, 0.2) is 0 Å². The highest BCUT2D eigenvalue weighted by atomic mass is 35.5. The summed E-state index contributed by atoms with van der Waals surface area (Å²) in [5.41, 5.74) is 0. The van der Waals surface area contributed by atoms with Crippen LogP contribution < -0.4 is 0 Å². The van der Waals surface area contributed by atoms with E-state index in [0.717, 1.165) is 0 Å². The third kappa shape index (κ3) is 3.83. The normalized spacial score (nSPS) is 6.80. The van der Waals surface area contributed by atoms with Crippen LogP contribution in [0.1, 0.15) is 0 Å². The van der Waals surface area contributed by atoms with Crippen molar-refractivity contribution in [2.75, 3.05) is 7.05 Å². The van der Waals surface area contributed by atoms with Gasteiger partial charge in [-0.3, -0.25) is 4.42 Å². The number of hydrogen-bond acceptors (Lipinski definition) is 1. The van der Waals surface area contributed by atoms with Crippen LogP contribution >= 0.6 is 11.8 Å². The molecule has 0 unspecified atom stereocenters. The molecule has 0 fully saturated rings. The van der Waals surface area contributed by atoms with Crippen molar-refractivity contribution in [3.8, 4) is 0 Å². The molecule has 30 valence electrons. The second kappa shape index (κ2) is 2.09. The van der Waals surface area contributed by atoms with Crippen LogP contribution in [-0.4, -0.2) is 11.5 Å². The maximum Gasteiger partial charge on any atom is 0.0229 e. The Bertz CT molecular complexity index is 33.9. The highest BCUT2D eigenvalue weighted by Crippen LogP contribution is 1.81. The molecule has 0 N–H and O–H groups in total. The van der Waals surface area contributed by atoms with Crippen molar-refractivity contribution < 1.29 is 0 Å². The van der Waals surface area contributed by atoms with Crippen molar-refractivity contribution in [1.29, 1.82) is 0 Å². The third-order valence-corrected chi connectivity index (χ3v) is 0.390. The molecule has 0 saturated carbocycles. The lowest BCUT2D eigenvalue weighted by Crippen LogP contribution is -1.87. The Morgan fingerprint density at radius 3 is 2.20 bits per heavy atom. The first-order valence-corrected chi connectivity index (χ1v) is 1.62. The van der Waals surface area contributed by atoms with E-state index in [-0.39, 0.29) is 0 Å². The topological polar surface area (TPSA) is 3.24 Å². The van der Waals surface area contributed by atoms with Gasteiger partial charge in [0.25, 0.3) is 0 Å². The summed E-state index contributed by atoms with van der Waals surface area (Å²) in [7, 11) is 1.70. The molecular weight excluding hydrogens is 85.5 g/mol. The first-order valence-electron chi connectivity index (χ1n) is 1.28. The summed E-state index contributed by atoms with van der Waals surface area (Å²) in [6, 6.07) is 0. The zero-order valence-electron chi connectivity index (χ0n) is 3.11. The minimum absolute atomic E-state index is 1.36. The van der Waals surface area contributed by atoms with E-state index in [4.69, 9.17) is 11.8 Å². The van der Waals surface area contributed by atoms with Crippen LogP contribution in [0.5, 0.6) is 0 Å². The highest BCUT2D eigenvalue weighted by Gasteiger charge is 1.66. The van der Waals surface area contributed by atoms with Crippen molar-refractivity contribution in [3.63, 3.8) is 0 Å². The van der Waals surface area contributed by atoms with Gasteiger partial charge in [-0.05, 0) is 0 Å². The maximum absolute atomic E-state index is 5.18. The van der Waals surface area contributed by atoms with Crippen molar-refractivity contribution in [3.05, 3.63) is 12.8 Å². The van der Waals surface area contributed by atoms with Gasteiger partial charge in [0.05, 0.1) is 0 Å². The summed E-state index contributed by atoms with van der Waals surface area (Å²) in [4.78, 5) is 0. The van der Waals surface area contributed by atoms with E-state index in [2.05, 4.69) is 6.58 Å². The van der Waals surface area contributed by atoms with Gasteiger partial charge in [0.2, 0.25) is 0 Å². The zero-order valence-corrected chi connectivity index (χ0v) is 3.87. The Hall–Kier alpha value is -0.170. The lowest BCUT2D eigenvalue weighted by Gasteiger charge is -1.93. The molecule has 0 atom stereocenters. The molecule has 0 rings (SSSR count). The van der Waals surface area contributed by atoms with Gasteiger partial charge in [-0.25, -0.2) is 0 Å². The molecule has 5 heavy (non-hydrogen) atoms. The van der Waals surface area contributed by atoms with E-state index in [0.29, 0.717) is 0 Å². The smallest absolute Gasteiger partial charge is 0.0229 e. The predicted molar refractivity (Wildman–Crippen MR) is 23.8 cm³/mol. The van der Waals surface area contributed by atoms with Crippen LogP contribution in [0.4, 0.5) is 0 Å². The lowest BCUT2D eigenvalue weighted by molar-refractivity contribution is 0.755. The van der Waals surface area contributed by atoms with Crippen LogP contribution in [0.3, 0.4) is 0 Å². The summed E-state index contributed by atoms with van der Waals surface area (Å²) in [5, 5.41) is 0. The Kier molecular flexibility index (Phi) is 2.02. The number of rotatable bonds is 1. The summed E-state index contributed by atoms with van der Waals surface area (Å²) >= 11 is 5.18. The van der Waals surface area contributed by atoms with Gasteiger partial charge in [-0.15, -0.1) is 0 Å². The van der Waals surface area contributed by atoms with Crippen LogP contribution in [0.15, 0.2) is 12.8 Å². The molecule has 0 aliphatic rings. The van der Waals surface area contributed by atoms with Crippen molar-refractivity contribution >= 4 is 11.8 Å². The Labute approximate surface area is 37.0 Å². The fraction of sp³-hybridized carbons (Fsp3) is 0.333. The number of halogens is 1. The molecule has 0 spiro atoms. The molecule has 0 aliphatic heterocycles. The van der Waals surface area contributed by atoms with Crippen LogP contribution in [0.2, 0.25) is 0 Å². The predicted octanol–water partition coefficient (Wildman–Crippen LogP) is 1.22. The summed E-state index contributed by atoms with van der Waals surface area (Å²) in [6.07, 6.45) is 1.52. The fourth-order valence-corrected chi connectivity index (χ4v) is 0. The third-order valence-electron chi connectivity index (χ3n) is 0.252. The minimum atomic E-state index is 1.36. The van der Waals surface area contributed by atoms with E-state index >= 15 is 0 Å². The standard InChI is InChI=1S/C3H6ClN/c1-3-5(2)4/h3H,1H2,2H3. The van der Waals surface area contributed by atoms with E-state index in [1.165, 1.54) is 10.6 Å². The summed E-state index contributed by atoms with van der Waals surface area (Å²) in [5.74, 6) is 0. The molecule has 0 aromatic rings. The molecule has 0 bridgehead atoms. The summed E-state index contributed by atoms with van der Waals surface area (Å²) in [6.45, 7) is 3.35. The number of hydrogen-bond donors (Lipinski definition) is 0. The van der Waals surface area contributed by atoms with Crippen LogP contribution in [0, 0.1) is 0 Å². The van der Waals surface area contributed by atoms with E-state index in [1.54, 1.807) is 7.05 Å². The molecule has 0 saturated heterocycles. The van der Waals surface area contributed by atoms with Crippen molar-refractivity contribution in [1.82, 2.24) is 4.42 Å². The minimum Gasteiger partial charge on any atom is -0.296 e. The SMILES string of the molecule is C=CN(C)Cl. The molecule has 0 radical (unpaired) electrons. The second-order valence-electron chi connectivity index (χ2n) is 0.707. The molecule has 0 aliphatic carbocycles. The molecule has 0 heterocycles. The van der Waals surface area contributed by atoms with Crippen molar-refractivity contribution in [2.24, 2.45) is 0 Å².